The van der Waals surface area contributed by atoms with E-state index in [1.54, 1.807) is 0 Å². The van der Waals surface area contributed by atoms with Gasteiger partial charge in [-0.2, -0.15) is 0 Å². The zero-order valence-corrected chi connectivity index (χ0v) is 8.47. The van der Waals surface area contributed by atoms with E-state index in [1.165, 1.54) is 0 Å². The molecule has 1 unspecified atom stereocenters. The van der Waals surface area contributed by atoms with Crippen molar-refractivity contribution in [1.82, 2.24) is 0 Å². The maximum atomic E-state index is 10.9. The van der Waals surface area contributed by atoms with Crippen molar-refractivity contribution in [2.45, 2.75) is 46.5 Å². The molecule has 0 spiro atoms. The topological polar surface area (TPSA) is 43.1 Å². The molecule has 2 heteroatoms. The Bertz CT molecular complexity index is 132. The number of hydrogen-bond donors (Lipinski definition) is 1. The fraction of sp³-hybridized carbons (Fsp3) is 0.900. The number of amides is 1. The fourth-order valence-electron chi connectivity index (χ4n) is 1.31. The number of primary amides is 1. The summed E-state index contributed by atoms with van der Waals surface area (Å²) in [7, 11) is 0. The summed E-state index contributed by atoms with van der Waals surface area (Å²) in [6.07, 6.45) is 4.06. The summed E-state index contributed by atoms with van der Waals surface area (Å²) in [6.45, 7) is 6.43. The first kappa shape index (κ1) is 11.5. The molecule has 0 rings (SSSR count). The van der Waals surface area contributed by atoms with Crippen LogP contribution in [0.25, 0.3) is 0 Å². The van der Waals surface area contributed by atoms with Crippen LogP contribution >= 0.6 is 0 Å². The molecule has 0 aliphatic carbocycles. The Kier molecular flexibility index (Phi) is 5.77. The van der Waals surface area contributed by atoms with Crippen LogP contribution in [0.1, 0.15) is 46.5 Å². The predicted octanol–water partition coefficient (Wildman–Crippen LogP) is 2.32. The van der Waals surface area contributed by atoms with E-state index in [9.17, 15) is 4.79 Å². The van der Waals surface area contributed by atoms with Crippen molar-refractivity contribution in [1.29, 1.82) is 0 Å². The third kappa shape index (κ3) is 5.16. The molecule has 0 saturated heterocycles. The van der Waals surface area contributed by atoms with Crippen molar-refractivity contribution >= 4 is 5.91 Å². The highest BCUT2D eigenvalue weighted by molar-refractivity contribution is 5.76. The second-order valence-electron chi connectivity index (χ2n) is 3.86. The smallest absolute Gasteiger partial charge is 0.220 e. The van der Waals surface area contributed by atoms with E-state index >= 15 is 0 Å². The first-order chi connectivity index (χ1) is 5.57. The molecule has 0 aliphatic rings. The van der Waals surface area contributed by atoms with Crippen molar-refractivity contribution in [3.8, 4) is 0 Å². The summed E-state index contributed by atoms with van der Waals surface area (Å²) >= 11 is 0. The van der Waals surface area contributed by atoms with E-state index in [1.807, 2.05) is 0 Å². The van der Waals surface area contributed by atoms with Gasteiger partial charge in [-0.1, -0.05) is 33.6 Å². The van der Waals surface area contributed by atoms with Crippen molar-refractivity contribution in [2.24, 2.45) is 17.6 Å². The Morgan fingerprint density at radius 2 is 1.83 bits per heavy atom. The van der Waals surface area contributed by atoms with Gasteiger partial charge >= 0.3 is 0 Å². The monoisotopic (exact) mass is 171 g/mol. The lowest BCUT2D eigenvalue weighted by Gasteiger charge is -2.12. The van der Waals surface area contributed by atoms with Crippen LogP contribution in [0.15, 0.2) is 0 Å². The minimum Gasteiger partial charge on any atom is -0.369 e. The fourth-order valence-corrected chi connectivity index (χ4v) is 1.31. The molecule has 2 N–H and O–H groups in total. The molecule has 0 aromatic carbocycles. The highest BCUT2D eigenvalue weighted by atomic mass is 16.1. The molecule has 72 valence electrons. The molecule has 0 radical (unpaired) electrons. The van der Waals surface area contributed by atoms with Gasteiger partial charge in [-0.3, -0.25) is 4.79 Å². The van der Waals surface area contributed by atoms with E-state index < -0.39 is 0 Å². The van der Waals surface area contributed by atoms with Gasteiger partial charge in [0.1, 0.15) is 0 Å². The summed E-state index contributed by atoms with van der Waals surface area (Å²) in [5.41, 5.74) is 5.27. The molecule has 2 nitrogen and oxygen atoms in total. The zero-order chi connectivity index (χ0) is 9.56. The number of nitrogens with two attached hydrogens (primary N) is 1. The van der Waals surface area contributed by atoms with Crippen molar-refractivity contribution in [3.63, 3.8) is 0 Å². The van der Waals surface area contributed by atoms with Crippen LogP contribution in [-0.2, 0) is 4.79 Å². The lowest BCUT2D eigenvalue weighted by molar-refractivity contribution is -0.122. The molecular formula is C10H21NO. The van der Waals surface area contributed by atoms with Crippen molar-refractivity contribution in [2.75, 3.05) is 0 Å². The number of carbonyl (C=O) groups is 1. The van der Waals surface area contributed by atoms with Crippen LogP contribution in [0, 0.1) is 11.8 Å². The average molecular weight is 171 g/mol. The highest BCUT2D eigenvalue weighted by Crippen LogP contribution is 2.16. The lowest BCUT2D eigenvalue weighted by atomic mass is 9.94. The second kappa shape index (κ2) is 6.04. The Labute approximate surface area is 75.5 Å². The average Bonchev–Trinajstić information content (AvgIpc) is 1.96. The Balaban J connectivity index is 3.71. The van der Waals surface area contributed by atoms with Crippen molar-refractivity contribution in [3.05, 3.63) is 0 Å². The second-order valence-corrected chi connectivity index (χ2v) is 3.86. The largest absolute Gasteiger partial charge is 0.369 e. The summed E-state index contributed by atoms with van der Waals surface area (Å²) in [5.74, 6) is 0.651. The molecule has 12 heavy (non-hydrogen) atoms. The van der Waals surface area contributed by atoms with Gasteiger partial charge in [0, 0.05) is 5.92 Å². The van der Waals surface area contributed by atoms with Gasteiger partial charge in [0.15, 0.2) is 0 Å². The first-order valence-electron chi connectivity index (χ1n) is 4.87. The Morgan fingerprint density at radius 3 is 2.17 bits per heavy atom. The zero-order valence-electron chi connectivity index (χ0n) is 8.47. The van der Waals surface area contributed by atoms with Gasteiger partial charge in [0.2, 0.25) is 5.91 Å². The molecule has 1 atom stereocenters. The molecule has 1 amide bonds. The molecule has 0 aliphatic heterocycles. The van der Waals surface area contributed by atoms with E-state index in [0.717, 1.165) is 25.7 Å². The predicted molar refractivity (Wildman–Crippen MR) is 51.7 cm³/mol. The van der Waals surface area contributed by atoms with Gasteiger partial charge in [0.25, 0.3) is 0 Å². The highest BCUT2D eigenvalue weighted by Gasteiger charge is 2.13. The van der Waals surface area contributed by atoms with Gasteiger partial charge in [-0.15, -0.1) is 0 Å². The van der Waals surface area contributed by atoms with Crippen LogP contribution in [0.5, 0.6) is 0 Å². The summed E-state index contributed by atoms with van der Waals surface area (Å²) in [4.78, 5) is 10.9. The molecule has 0 aromatic heterocycles. The molecule has 0 saturated carbocycles. The standard InChI is InChI=1S/C10H21NO/c1-4-5-9(10(11)12)7-6-8(2)3/h8-9H,4-7H2,1-3H3,(H2,11,12). The SMILES string of the molecule is CCCC(CCC(C)C)C(N)=O. The molecule has 0 bridgehead atoms. The van der Waals surface area contributed by atoms with E-state index in [4.69, 9.17) is 5.73 Å². The quantitative estimate of drug-likeness (QED) is 0.655. The minimum atomic E-state index is -0.127. The third-order valence-corrected chi connectivity index (χ3v) is 2.13. The van der Waals surface area contributed by atoms with Crippen molar-refractivity contribution < 1.29 is 4.79 Å². The summed E-state index contributed by atoms with van der Waals surface area (Å²) in [6, 6.07) is 0. The van der Waals surface area contributed by atoms with Crippen LogP contribution in [0.3, 0.4) is 0 Å². The number of carbonyl (C=O) groups excluding carboxylic acids is 1. The number of hydrogen-bond acceptors (Lipinski definition) is 1. The van der Waals surface area contributed by atoms with Gasteiger partial charge < -0.3 is 5.73 Å². The lowest BCUT2D eigenvalue weighted by Crippen LogP contribution is -2.23. The Hall–Kier alpha value is -0.530. The van der Waals surface area contributed by atoms with E-state index in [0.29, 0.717) is 5.92 Å². The van der Waals surface area contributed by atoms with E-state index in [2.05, 4.69) is 20.8 Å². The summed E-state index contributed by atoms with van der Waals surface area (Å²) < 4.78 is 0. The molecule has 0 heterocycles. The molecule has 0 fully saturated rings. The molecular weight excluding hydrogens is 150 g/mol. The summed E-state index contributed by atoms with van der Waals surface area (Å²) in [5, 5.41) is 0. The Morgan fingerprint density at radius 1 is 1.25 bits per heavy atom. The van der Waals surface area contributed by atoms with Crippen LogP contribution in [-0.4, -0.2) is 5.91 Å². The van der Waals surface area contributed by atoms with Crippen LogP contribution < -0.4 is 5.73 Å². The third-order valence-electron chi connectivity index (χ3n) is 2.13. The van der Waals surface area contributed by atoms with Gasteiger partial charge in [-0.05, 0) is 18.8 Å². The van der Waals surface area contributed by atoms with Crippen LogP contribution in [0.4, 0.5) is 0 Å². The van der Waals surface area contributed by atoms with E-state index in [-0.39, 0.29) is 11.8 Å². The normalized spacial score (nSPS) is 13.3. The maximum absolute atomic E-state index is 10.9. The first-order valence-corrected chi connectivity index (χ1v) is 4.87. The maximum Gasteiger partial charge on any atom is 0.220 e. The van der Waals surface area contributed by atoms with Crippen LogP contribution in [0.2, 0.25) is 0 Å². The number of rotatable bonds is 6. The van der Waals surface area contributed by atoms with Gasteiger partial charge in [-0.25, -0.2) is 0 Å². The van der Waals surface area contributed by atoms with Gasteiger partial charge in [0.05, 0.1) is 0 Å². The minimum absolute atomic E-state index is 0.109. The molecule has 0 aromatic rings.